The molecule has 1 saturated heterocycles. The Kier molecular flexibility index (Phi) is 6.33. The Bertz CT molecular complexity index is 1170. The van der Waals surface area contributed by atoms with Crippen molar-refractivity contribution in [1.82, 2.24) is 19.8 Å². The molecule has 0 aliphatic carbocycles. The van der Waals surface area contributed by atoms with E-state index in [1.807, 2.05) is 12.3 Å². The quantitative estimate of drug-likeness (QED) is 0.498. The number of likely N-dealkylation sites (tertiary alicyclic amines) is 1. The van der Waals surface area contributed by atoms with Crippen LogP contribution >= 0.6 is 11.3 Å². The third kappa shape index (κ3) is 4.41. The first-order chi connectivity index (χ1) is 15.8. The molecule has 3 amide bonds. The highest BCUT2D eigenvalue weighted by atomic mass is 32.1. The van der Waals surface area contributed by atoms with Crippen LogP contribution in [-0.4, -0.2) is 44.5 Å². The van der Waals surface area contributed by atoms with Gasteiger partial charge in [-0.15, -0.1) is 11.3 Å². The van der Waals surface area contributed by atoms with Gasteiger partial charge < -0.3 is 4.90 Å². The second-order valence-corrected chi connectivity index (χ2v) is 9.07. The number of imide groups is 1. The SMILES string of the molecule is C[C@@H](c1nccs1)N(C)C(=O)C[C@@]1(c2cccc(F)c2)CC(=O)N(Cc2cccnc2)C1=O. The third-order valence-electron chi connectivity index (χ3n) is 6.09. The topological polar surface area (TPSA) is 83.5 Å². The van der Waals surface area contributed by atoms with E-state index in [9.17, 15) is 18.8 Å². The minimum atomic E-state index is -1.48. The third-order valence-corrected chi connectivity index (χ3v) is 7.03. The summed E-state index contributed by atoms with van der Waals surface area (Å²) in [5.41, 5.74) is -0.469. The van der Waals surface area contributed by atoms with E-state index in [0.29, 0.717) is 11.1 Å². The van der Waals surface area contributed by atoms with Crippen molar-refractivity contribution < 1.29 is 18.8 Å². The standard InChI is InChI=1S/C24H23FN4O3S/c1-16(22-27-9-10-33-22)28(2)20(30)12-24(18-6-3-7-19(25)11-18)13-21(31)29(23(24)32)15-17-5-4-8-26-14-17/h3-11,14,16H,12-13,15H2,1-2H3/t16-,24-/m0/s1. The van der Waals surface area contributed by atoms with Gasteiger partial charge in [-0.3, -0.25) is 24.3 Å². The van der Waals surface area contributed by atoms with Crippen molar-refractivity contribution in [3.8, 4) is 0 Å². The van der Waals surface area contributed by atoms with E-state index in [1.165, 1.54) is 34.4 Å². The zero-order chi connectivity index (χ0) is 23.6. The zero-order valence-corrected chi connectivity index (χ0v) is 19.1. The molecular weight excluding hydrogens is 443 g/mol. The second kappa shape index (κ2) is 9.19. The van der Waals surface area contributed by atoms with Gasteiger partial charge in [0.1, 0.15) is 10.8 Å². The number of carbonyl (C=O) groups is 3. The van der Waals surface area contributed by atoms with E-state index < -0.39 is 23.0 Å². The molecule has 0 spiro atoms. The number of thiazole rings is 1. The number of rotatable bonds is 7. The molecule has 4 rings (SSSR count). The first-order valence-corrected chi connectivity index (χ1v) is 11.3. The summed E-state index contributed by atoms with van der Waals surface area (Å²) in [4.78, 5) is 51.0. The lowest BCUT2D eigenvalue weighted by Gasteiger charge is -2.31. The fourth-order valence-corrected chi connectivity index (χ4v) is 4.83. The maximum Gasteiger partial charge on any atom is 0.241 e. The van der Waals surface area contributed by atoms with Gasteiger partial charge in [-0.2, -0.15) is 0 Å². The Morgan fingerprint density at radius 2 is 2.09 bits per heavy atom. The first-order valence-electron chi connectivity index (χ1n) is 10.5. The van der Waals surface area contributed by atoms with Crippen molar-refractivity contribution in [3.63, 3.8) is 0 Å². The Morgan fingerprint density at radius 3 is 2.76 bits per heavy atom. The van der Waals surface area contributed by atoms with E-state index in [4.69, 9.17) is 0 Å². The highest BCUT2D eigenvalue weighted by Gasteiger charge is 2.54. The first kappa shape index (κ1) is 22.7. The summed E-state index contributed by atoms with van der Waals surface area (Å²) >= 11 is 1.43. The lowest BCUT2D eigenvalue weighted by Crippen LogP contribution is -2.43. The highest BCUT2D eigenvalue weighted by Crippen LogP contribution is 2.41. The van der Waals surface area contributed by atoms with E-state index in [2.05, 4.69) is 9.97 Å². The lowest BCUT2D eigenvalue weighted by atomic mass is 9.75. The van der Waals surface area contributed by atoms with E-state index in [0.717, 1.165) is 9.91 Å². The van der Waals surface area contributed by atoms with Crippen LogP contribution in [-0.2, 0) is 26.3 Å². The fraction of sp³-hybridized carbons (Fsp3) is 0.292. The molecule has 1 aliphatic heterocycles. The van der Waals surface area contributed by atoms with Gasteiger partial charge in [0.2, 0.25) is 17.7 Å². The van der Waals surface area contributed by atoms with Gasteiger partial charge in [0, 0.05) is 43.9 Å². The zero-order valence-electron chi connectivity index (χ0n) is 18.3. The van der Waals surface area contributed by atoms with Gasteiger partial charge in [0.05, 0.1) is 18.0 Å². The van der Waals surface area contributed by atoms with Crippen LogP contribution in [0.15, 0.2) is 60.4 Å². The molecule has 2 atom stereocenters. The van der Waals surface area contributed by atoms with Gasteiger partial charge in [0.25, 0.3) is 0 Å². The van der Waals surface area contributed by atoms with Crippen molar-refractivity contribution >= 4 is 29.1 Å². The molecule has 0 radical (unpaired) electrons. The van der Waals surface area contributed by atoms with Gasteiger partial charge >= 0.3 is 0 Å². The van der Waals surface area contributed by atoms with E-state index in [-0.39, 0.29) is 31.3 Å². The number of amides is 3. The van der Waals surface area contributed by atoms with Crippen LogP contribution in [0.1, 0.15) is 41.9 Å². The summed E-state index contributed by atoms with van der Waals surface area (Å²) in [6.07, 6.45) is 4.39. The Labute approximate surface area is 194 Å². The van der Waals surface area contributed by atoms with Crippen molar-refractivity contribution in [3.05, 3.63) is 82.3 Å². The number of hydrogen-bond acceptors (Lipinski definition) is 6. The normalized spacial score (nSPS) is 19.1. The molecule has 0 bridgehead atoms. The Balaban J connectivity index is 1.67. The average molecular weight is 467 g/mol. The summed E-state index contributed by atoms with van der Waals surface area (Å²) in [5.74, 6) is -1.77. The van der Waals surface area contributed by atoms with Crippen LogP contribution in [0.3, 0.4) is 0 Å². The molecule has 0 saturated carbocycles. The van der Waals surface area contributed by atoms with E-state index in [1.54, 1.807) is 43.8 Å². The minimum absolute atomic E-state index is 0.0438. The van der Waals surface area contributed by atoms with Gasteiger partial charge in [-0.1, -0.05) is 18.2 Å². The van der Waals surface area contributed by atoms with Crippen LogP contribution in [0.25, 0.3) is 0 Å². The number of carbonyl (C=O) groups excluding carboxylic acids is 3. The molecule has 1 aliphatic rings. The van der Waals surface area contributed by atoms with Crippen LogP contribution < -0.4 is 0 Å². The summed E-state index contributed by atoms with van der Waals surface area (Å²) in [5, 5.41) is 2.59. The number of benzene rings is 1. The molecular formula is C24H23FN4O3S. The largest absolute Gasteiger partial charge is 0.337 e. The molecule has 1 fully saturated rings. The summed E-state index contributed by atoms with van der Waals surface area (Å²) in [6.45, 7) is 1.89. The molecule has 0 N–H and O–H groups in total. The molecule has 1 aromatic carbocycles. The molecule has 3 heterocycles. The Hall–Kier alpha value is -3.46. The van der Waals surface area contributed by atoms with Crippen molar-refractivity contribution in [2.24, 2.45) is 0 Å². The van der Waals surface area contributed by atoms with Crippen LogP contribution in [0.4, 0.5) is 4.39 Å². The smallest absolute Gasteiger partial charge is 0.241 e. The predicted molar refractivity (Wildman–Crippen MR) is 120 cm³/mol. The maximum absolute atomic E-state index is 14.1. The maximum atomic E-state index is 14.1. The van der Waals surface area contributed by atoms with Gasteiger partial charge in [-0.25, -0.2) is 9.37 Å². The number of nitrogens with zero attached hydrogens (tertiary/aromatic N) is 4. The summed E-state index contributed by atoms with van der Waals surface area (Å²) in [7, 11) is 1.64. The van der Waals surface area contributed by atoms with Crippen molar-refractivity contribution in [1.29, 1.82) is 0 Å². The minimum Gasteiger partial charge on any atom is -0.337 e. The molecule has 9 heteroatoms. The molecule has 33 heavy (non-hydrogen) atoms. The van der Waals surface area contributed by atoms with Crippen molar-refractivity contribution in [2.45, 2.75) is 37.8 Å². The molecule has 3 aromatic rings. The number of aromatic nitrogens is 2. The highest BCUT2D eigenvalue weighted by molar-refractivity contribution is 7.09. The van der Waals surface area contributed by atoms with Crippen LogP contribution in [0.5, 0.6) is 0 Å². The monoisotopic (exact) mass is 466 g/mol. The number of halogens is 1. The predicted octanol–water partition coefficient (Wildman–Crippen LogP) is 3.48. The van der Waals surface area contributed by atoms with Crippen LogP contribution in [0.2, 0.25) is 0 Å². The second-order valence-electron chi connectivity index (χ2n) is 8.14. The number of pyridine rings is 1. The van der Waals surface area contributed by atoms with Gasteiger partial charge in [0.15, 0.2) is 0 Å². The molecule has 170 valence electrons. The summed E-state index contributed by atoms with van der Waals surface area (Å²) < 4.78 is 14.1. The van der Waals surface area contributed by atoms with Crippen LogP contribution in [0, 0.1) is 5.82 Å². The molecule has 7 nitrogen and oxygen atoms in total. The van der Waals surface area contributed by atoms with E-state index >= 15 is 0 Å². The summed E-state index contributed by atoms with van der Waals surface area (Å²) in [6, 6.07) is 8.77. The Morgan fingerprint density at radius 1 is 1.27 bits per heavy atom. The number of hydrogen-bond donors (Lipinski definition) is 0. The lowest BCUT2D eigenvalue weighted by molar-refractivity contribution is -0.143. The molecule has 0 unspecified atom stereocenters. The van der Waals surface area contributed by atoms with Gasteiger partial charge in [-0.05, 0) is 36.2 Å². The molecule has 2 aromatic heterocycles. The van der Waals surface area contributed by atoms with Crippen molar-refractivity contribution in [2.75, 3.05) is 7.05 Å². The average Bonchev–Trinajstić information content (AvgIpc) is 3.43. The fourth-order valence-electron chi connectivity index (χ4n) is 4.09.